The van der Waals surface area contributed by atoms with Crippen LogP contribution in [0.25, 0.3) is 0 Å². The Kier molecular flexibility index (Phi) is 4.40. The standard InChI is InChI=1S/C12H15ClN4O3S/c1-17-12(9(13)7-15-17)21(18,19)16-6-8-3-4-11(20-2)10(14)5-8/h3-5,7,16H,6,14H2,1-2H3. The molecular formula is C12H15ClN4O3S. The van der Waals surface area contributed by atoms with Crippen LogP contribution < -0.4 is 15.2 Å². The lowest BCUT2D eigenvalue weighted by Gasteiger charge is -2.09. The van der Waals surface area contributed by atoms with Gasteiger partial charge in [0.1, 0.15) is 5.75 Å². The minimum atomic E-state index is -3.76. The number of nitrogens with zero attached hydrogens (tertiary/aromatic N) is 2. The second kappa shape index (κ2) is 5.92. The molecule has 7 nitrogen and oxygen atoms in total. The van der Waals surface area contributed by atoms with Crippen LogP contribution in [0.5, 0.6) is 5.75 Å². The van der Waals surface area contributed by atoms with Crippen molar-refractivity contribution in [1.82, 2.24) is 14.5 Å². The monoisotopic (exact) mass is 330 g/mol. The number of anilines is 1. The first-order valence-electron chi connectivity index (χ1n) is 5.94. The highest BCUT2D eigenvalue weighted by molar-refractivity contribution is 7.89. The largest absolute Gasteiger partial charge is 0.495 e. The lowest BCUT2D eigenvalue weighted by atomic mass is 10.2. The molecule has 114 valence electrons. The Morgan fingerprint density at radius 1 is 1.48 bits per heavy atom. The molecule has 0 aliphatic rings. The first kappa shape index (κ1) is 15.6. The summed E-state index contributed by atoms with van der Waals surface area (Å²) in [6, 6.07) is 5.05. The maximum atomic E-state index is 12.2. The van der Waals surface area contributed by atoms with Gasteiger partial charge < -0.3 is 10.5 Å². The Bertz CT molecular complexity index is 738. The average molecular weight is 331 g/mol. The van der Waals surface area contributed by atoms with E-state index in [9.17, 15) is 8.42 Å². The molecule has 0 amide bonds. The number of aryl methyl sites for hydroxylation is 1. The van der Waals surface area contributed by atoms with E-state index in [1.54, 1.807) is 18.2 Å². The molecule has 21 heavy (non-hydrogen) atoms. The minimum absolute atomic E-state index is 0.0687. The maximum absolute atomic E-state index is 12.2. The summed E-state index contributed by atoms with van der Waals surface area (Å²) in [6.45, 7) is 0.0814. The van der Waals surface area contributed by atoms with Gasteiger partial charge in [0.05, 0.1) is 24.0 Å². The van der Waals surface area contributed by atoms with E-state index in [1.807, 2.05) is 0 Å². The molecule has 0 saturated carbocycles. The van der Waals surface area contributed by atoms with Crippen molar-refractivity contribution in [1.29, 1.82) is 0 Å². The highest BCUT2D eigenvalue weighted by Gasteiger charge is 2.22. The van der Waals surface area contributed by atoms with Gasteiger partial charge in [0.2, 0.25) is 0 Å². The summed E-state index contributed by atoms with van der Waals surface area (Å²) in [5.41, 5.74) is 6.92. The zero-order chi connectivity index (χ0) is 15.6. The number of ether oxygens (including phenoxy) is 1. The Labute approximate surface area is 127 Å². The van der Waals surface area contributed by atoms with Crippen molar-refractivity contribution < 1.29 is 13.2 Å². The first-order valence-corrected chi connectivity index (χ1v) is 7.81. The van der Waals surface area contributed by atoms with Crippen LogP contribution in [0, 0.1) is 0 Å². The number of hydrogen-bond donors (Lipinski definition) is 2. The van der Waals surface area contributed by atoms with Crippen molar-refractivity contribution in [2.45, 2.75) is 11.6 Å². The van der Waals surface area contributed by atoms with Crippen molar-refractivity contribution in [3.63, 3.8) is 0 Å². The van der Waals surface area contributed by atoms with Crippen LogP contribution in [0.2, 0.25) is 5.02 Å². The van der Waals surface area contributed by atoms with E-state index >= 15 is 0 Å². The van der Waals surface area contributed by atoms with Crippen LogP contribution in [-0.2, 0) is 23.6 Å². The maximum Gasteiger partial charge on any atom is 0.259 e. The zero-order valence-corrected chi connectivity index (χ0v) is 13.1. The Morgan fingerprint density at radius 3 is 2.71 bits per heavy atom. The van der Waals surface area contributed by atoms with Crippen LogP contribution in [0.15, 0.2) is 29.4 Å². The molecule has 2 aromatic rings. The second-order valence-electron chi connectivity index (χ2n) is 4.32. The Hall–Kier alpha value is -1.77. The van der Waals surface area contributed by atoms with Crippen LogP contribution in [0.1, 0.15) is 5.56 Å². The zero-order valence-electron chi connectivity index (χ0n) is 11.5. The first-order chi connectivity index (χ1) is 9.85. The van der Waals surface area contributed by atoms with Crippen LogP contribution in [-0.4, -0.2) is 25.3 Å². The normalized spacial score (nSPS) is 11.6. The molecule has 0 aliphatic heterocycles. The Morgan fingerprint density at radius 2 is 2.19 bits per heavy atom. The quantitative estimate of drug-likeness (QED) is 0.801. The van der Waals surface area contributed by atoms with Crippen molar-refractivity contribution in [3.05, 3.63) is 35.0 Å². The van der Waals surface area contributed by atoms with E-state index in [-0.39, 0.29) is 16.6 Å². The fourth-order valence-electron chi connectivity index (χ4n) is 1.84. The summed E-state index contributed by atoms with van der Waals surface area (Å²) < 4.78 is 33.1. The number of sulfonamides is 1. The number of halogens is 1. The van der Waals surface area contributed by atoms with Gasteiger partial charge in [-0.1, -0.05) is 17.7 Å². The summed E-state index contributed by atoms with van der Waals surface area (Å²) in [4.78, 5) is 0. The number of rotatable bonds is 5. The molecule has 1 aromatic heterocycles. The van der Waals surface area contributed by atoms with Gasteiger partial charge >= 0.3 is 0 Å². The number of nitrogens with one attached hydrogen (secondary N) is 1. The second-order valence-corrected chi connectivity index (χ2v) is 6.41. The average Bonchev–Trinajstić information content (AvgIpc) is 2.77. The summed E-state index contributed by atoms with van der Waals surface area (Å²) >= 11 is 5.84. The van der Waals surface area contributed by atoms with Gasteiger partial charge in [-0.05, 0) is 17.7 Å². The van der Waals surface area contributed by atoms with E-state index in [4.69, 9.17) is 22.1 Å². The molecule has 0 bridgehead atoms. The van der Waals surface area contributed by atoms with Gasteiger partial charge in [-0.2, -0.15) is 5.10 Å². The molecule has 9 heteroatoms. The number of nitrogens with two attached hydrogens (primary N) is 1. The molecule has 0 spiro atoms. The van der Waals surface area contributed by atoms with Gasteiger partial charge in [0.15, 0.2) is 5.03 Å². The van der Waals surface area contributed by atoms with Crippen molar-refractivity contribution >= 4 is 27.3 Å². The summed E-state index contributed by atoms with van der Waals surface area (Å²) in [5, 5.41) is 3.79. The fourth-order valence-corrected chi connectivity index (χ4v) is 3.51. The van der Waals surface area contributed by atoms with Crippen LogP contribution in [0.3, 0.4) is 0 Å². The molecule has 0 atom stereocenters. The third kappa shape index (κ3) is 3.29. The van der Waals surface area contributed by atoms with Gasteiger partial charge in [-0.25, -0.2) is 13.1 Å². The number of nitrogen functional groups attached to an aromatic ring is 1. The summed E-state index contributed by atoms with van der Waals surface area (Å²) in [7, 11) is -0.740. The van der Waals surface area contributed by atoms with E-state index in [0.29, 0.717) is 17.0 Å². The number of methoxy groups -OCH3 is 1. The summed E-state index contributed by atoms with van der Waals surface area (Å²) in [5.74, 6) is 0.538. The van der Waals surface area contributed by atoms with Crippen molar-refractivity contribution in [3.8, 4) is 5.75 Å². The highest BCUT2D eigenvalue weighted by atomic mass is 35.5. The number of hydrogen-bond acceptors (Lipinski definition) is 5. The number of aromatic nitrogens is 2. The molecule has 0 unspecified atom stereocenters. The molecular weight excluding hydrogens is 316 g/mol. The van der Waals surface area contributed by atoms with Crippen LogP contribution in [0.4, 0.5) is 5.69 Å². The Balaban J connectivity index is 2.18. The fraction of sp³-hybridized carbons (Fsp3) is 0.250. The van der Waals surface area contributed by atoms with Crippen LogP contribution >= 0.6 is 11.6 Å². The lowest BCUT2D eigenvalue weighted by Crippen LogP contribution is -2.25. The van der Waals surface area contributed by atoms with E-state index in [1.165, 1.54) is 25.0 Å². The minimum Gasteiger partial charge on any atom is -0.495 e. The molecule has 1 aromatic carbocycles. The molecule has 1 heterocycles. The van der Waals surface area contributed by atoms with E-state index in [2.05, 4.69) is 9.82 Å². The van der Waals surface area contributed by atoms with Gasteiger partial charge in [0, 0.05) is 13.6 Å². The smallest absolute Gasteiger partial charge is 0.259 e. The van der Waals surface area contributed by atoms with Gasteiger partial charge in [-0.3, -0.25) is 4.68 Å². The number of benzene rings is 1. The van der Waals surface area contributed by atoms with E-state index < -0.39 is 10.0 Å². The molecule has 3 N–H and O–H groups in total. The van der Waals surface area contributed by atoms with E-state index in [0.717, 1.165) is 0 Å². The predicted octanol–water partition coefficient (Wildman–Crippen LogP) is 1.14. The molecule has 0 saturated heterocycles. The SMILES string of the molecule is COc1ccc(CNS(=O)(=O)c2c(Cl)cnn2C)cc1N. The molecule has 0 aliphatic carbocycles. The third-order valence-corrected chi connectivity index (χ3v) is 4.76. The van der Waals surface area contributed by atoms with Gasteiger partial charge in [-0.15, -0.1) is 0 Å². The molecule has 0 radical (unpaired) electrons. The van der Waals surface area contributed by atoms with Crippen molar-refractivity contribution in [2.24, 2.45) is 7.05 Å². The lowest BCUT2D eigenvalue weighted by molar-refractivity contribution is 0.417. The third-order valence-electron chi connectivity index (χ3n) is 2.86. The van der Waals surface area contributed by atoms with Gasteiger partial charge in [0.25, 0.3) is 10.0 Å². The van der Waals surface area contributed by atoms with Crippen molar-refractivity contribution in [2.75, 3.05) is 12.8 Å². The predicted molar refractivity (Wildman–Crippen MR) is 79.6 cm³/mol. The highest BCUT2D eigenvalue weighted by Crippen LogP contribution is 2.23. The topological polar surface area (TPSA) is 99.2 Å². The molecule has 0 fully saturated rings. The summed E-state index contributed by atoms with van der Waals surface area (Å²) in [6.07, 6.45) is 1.28. The molecule has 2 rings (SSSR count).